The Hall–Kier alpha value is -0.330. The van der Waals surface area contributed by atoms with Crippen LogP contribution in [0.15, 0.2) is 0 Å². The Morgan fingerprint density at radius 1 is 1.38 bits per heavy atom. The van der Waals surface area contributed by atoms with Gasteiger partial charge < -0.3 is 10.8 Å². The van der Waals surface area contributed by atoms with E-state index in [-0.39, 0.29) is 12.6 Å². The number of halogens is 3. The van der Waals surface area contributed by atoms with E-state index in [1.807, 2.05) is 0 Å². The molecule has 96 valence electrons. The molecule has 1 heterocycles. The second-order valence-corrected chi connectivity index (χ2v) is 4.19. The maximum absolute atomic E-state index is 12.7. The first-order valence-corrected chi connectivity index (χ1v) is 5.64. The van der Waals surface area contributed by atoms with E-state index in [0.29, 0.717) is 19.4 Å². The Bertz CT molecular complexity index is 209. The van der Waals surface area contributed by atoms with Gasteiger partial charge in [0.25, 0.3) is 0 Å². The lowest BCUT2D eigenvalue weighted by Gasteiger charge is -2.41. The van der Waals surface area contributed by atoms with E-state index in [9.17, 15) is 13.2 Å². The lowest BCUT2D eigenvalue weighted by molar-refractivity contribution is -0.190. The van der Waals surface area contributed by atoms with Crippen molar-refractivity contribution in [2.45, 2.75) is 43.9 Å². The van der Waals surface area contributed by atoms with Gasteiger partial charge in [-0.25, -0.2) is 0 Å². The normalized spacial score (nSPS) is 25.7. The van der Waals surface area contributed by atoms with Gasteiger partial charge in [-0.15, -0.1) is 0 Å². The highest BCUT2D eigenvalue weighted by atomic mass is 19.4. The van der Waals surface area contributed by atoms with Crippen molar-refractivity contribution in [2.24, 2.45) is 5.73 Å². The van der Waals surface area contributed by atoms with Gasteiger partial charge in [0, 0.05) is 19.2 Å². The van der Waals surface area contributed by atoms with Gasteiger partial charge >= 0.3 is 6.18 Å². The van der Waals surface area contributed by atoms with Gasteiger partial charge in [-0.2, -0.15) is 13.2 Å². The van der Waals surface area contributed by atoms with Crippen LogP contribution in [0.4, 0.5) is 13.2 Å². The molecule has 2 atom stereocenters. The zero-order valence-electron chi connectivity index (χ0n) is 9.21. The predicted molar refractivity (Wildman–Crippen MR) is 54.9 cm³/mol. The summed E-state index contributed by atoms with van der Waals surface area (Å²) in [7, 11) is 0. The minimum Gasteiger partial charge on any atom is -0.396 e. The summed E-state index contributed by atoms with van der Waals surface area (Å²) in [6, 6.07) is -1.75. The molecule has 2 unspecified atom stereocenters. The quantitative estimate of drug-likeness (QED) is 0.774. The average molecular weight is 240 g/mol. The maximum atomic E-state index is 12.7. The van der Waals surface area contributed by atoms with Crippen molar-refractivity contribution in [3.63, 3.8) is 0 Å². The molecule has 0 aromatic carbocycles. The Balaban J connectivity index is 2.71. The van der Waals surface area contributed by atoms with Gasteiger partial charge in [-0.05, 0) is 25.8 Å². The summed E-state index contributed by atoms with van der Waals surface area (Å²) in [5.41, 5.74) is 5.22. The molecule has 6 heteroatoms. The molecule has 1 fully saturated rings. The Kier molecular flexibility index (Phi) is 5.01. The lowest BCUT2D eigenvalue weighted by Crippen LogP contribution is -2.56. The summed E-state index contributed by atoms with van der Waals surface area (Å²) in [6.07, 6.45) is -1.47. The van der Waals surface area contributed by atoms with Crippen LogP contribution >= 0.6 is 0 Å². The number of hydrogen-bond donors (Lipinski definition) is 2. The van der Waals surface area contributed by atoms with E-state index in [1.54, 1.807) is 0 Å². The molecule has 1 rings (SSSR count). The second-order valence-electron chi connectivity index (χ2n) is 4.19. The molecule has 3 N–H and O–H groups in total. The first-order chi connectivity index (χ1) is 7.50. The van der Waals surface area contributed by atoms with Crippen molar-refractivity contribution in [3.05, 3.63) is 0 Å². The molecule has 0 saturated carbocycles. The van der Waals surface area contributed by atoms with Crippen LogP contribution in [0.1, 0.15) is 25.7 Å². The van der Waals surface area contributed by atoms with E-state index in [2.05, 4.69) is 0 Å². The predicted octanol–water partition coefficient (Wildman–Crippen LogP) is 1.11. The summed E-state index contributed by atoms with van der Waals surface area (Å²) in [6.45, 7) is -0.0617. The van der Waals surface area contributed by atoms with Crippen LogP contribution in [-0.4, -0.2) is 48.0 Å². The lowest BCUT2D eigenvalue weighted by atomic mass is 9.97. The minimum absolute atomic E-state index is 0.0731. The molecule has 0 aliphatic carbocycles. The molecule has 16 heavy (non-hydrogen) atoms. The van der Waals surface area contributed by atoms with Crippen molar-refractivity contribution in [2.75, 3.05) is 19.7 Å². The third kappa shape index (κ3) is 3.33. The summed E-state index contributed by atoms with van der Waals surface area (Å²) >= 11 is 0. The SMILES string of the molecule is NCC(N1CCCCC1CCO)C(F)(F)F. The number of piperidine rings is 1. The first-order valence-electron chi connectivity index (χ1n) is 5.64. The van der Waals surface area contributed by atoms with E-state index in [0.717, 1.165) is 12.8 Å². The molecule has 0 aromatic heterocycles. The molecule has 1 aliphatic heterocycles. The van der Waals surface area contributed by atoms with Crippen molar-refractivity contribution >= 4 is 0 Å². The first kappa shape index (κ1) is 13.7. The fraction of sp³-hybridized carbons (Fsp3) is 1.00. The fourth-order valence-electron chi connectivity index (χ4n) is 2.35. The molecule has 0 amide bonds. The van der Waals surface area contributed by atoms with E-state index < -0.39 is 18.8 Å². The van der Waals surface area contributed by atoms with Crippen LogP contribution in [0.5, 0.6) is 0 Å². The molecule has 1 aliphatic rings. The zero-order chi connectivity index (χ0) is 12.2. The summed E-state index contributed by atoms with van der Waals surface area (Å²) in [5.74, 6) is 0. The van der Waals surface area contributed by atoms with Crippen LogP contribution in [0, 0.1) is 0 Å². The van der Waals surface area contributed by atoms with Crippen LogP contribution in [0.3, 0.4) is 0 Å². The van der Waals surface area contributed by atoms with Crippen LogP contribution in [0.2, 0.25) is 0 Å². The van der Waals surface area contributed by atoms with E-state index >= 15 is 0 Å². The van der Waals surface area contributed by atoms with Crippen molar-refractivity contribution in [1.29, 1.82) is 0 Å². The third-order valence-electron chi connectivity index (χ3n) is 3.14. The zero-order valence-corrected chi connectivity index (χ0v) is 9.21. The molecule has 0 spiro atoms. The number of likely N-dealkylation sites (tertiary alicyclic amines) is 1. The van der Waals surface area contributed by atoms with Crippen molar-refractivity contribution < 1.29 is 18.3 Å². The van der Waals surface area contributed by atoms with E-state index in [4.69, 9.17) is 10.8 Å². The monoisotopic (exact) mass is 240 g/mol. The van der Waals surface area contributed by atoms with Gasteiger partial charge in [-0.1, -0.05) is 6.42 Å². The summed E-state index contributed by atoms with van der Waals surface area (Å²) in [5, 5.41) is 8.85. The Morgan fingerprint density at radius 2 is 2.06 bits per heavy atom. The second kappa shape index (κ2) is 5.84. The molecule has 0 aromatic rings. The highest BCUT2D eigenvalue weighted by Gasteiger charge is 2.45. The fourth-order valence-corrected chi connectivity index (χ4v) is 2.35. The van der Waals surface area contributed by atoms with Gasteiger partial charge in [0.05, 0.1) is 0 Å². The largest absolute Gasteiger partial charge is 0.405 e. The molecule has 1 saturated heterocycles. The number of aliphatic hydroxyl groups is 1. The number of rotatable bonds is 4. The van der Waals surface area contributed by atoms with Crippen LogP contribution in [0.25, 0.3) is 0 Å². The highest BCUT2D eigenvalue weighted by molar-refractivity contribution is 4.87. The highest BCUT2D eigenvalue weighted by Crippen LogP contribution is 2.30. The van der Waals surface area contributed by atoms with Crippen molar-refractivity contribution in [3.8, 4) is 0 Å². The number of nitrogens with zero attached hydrogens (tertiary/aromatic N) is 1. The third-order valence-corrected chi connectivity index (χ3v) is 3.14. The Labute approximate surface area is 93.4 Å². The van der Waals surface area contributed by atoms with Crippen LogP contribution in [-0.2, 0) is 0 Å². The van der Waals surface area contributed by atoms with Gasteiger partial charge in [0.15, 0.2) is 0 Å². The van der Waals surface area contributed by atoms with Gasteiger partial charge in [-0.3, -0.25) is 4.90 Å². The molecular weight excluding hydrogens is 221 g/mol. The molecule has 0 bridgehead atoms. The van der Waals surface area contributed by atoms with Gasteiger partial charge in [0.2, 0.25) is 0 Å². The van der Waals surface area contributed by atoms with E-state index in [1.165, 1.54) is 4.90 Å². The van der Waals surface area contributed by atoms with Gasteiger partial charge in [0.1, 0.15) is 6.04 Å². The topological polar surface area (TPSA) is 49.5 Å². The maximum Gasteiger partial charge on any atom is 0.405 e. The minimum atomic E-state index is -4.28. The smallest absolute Gasteiger partial charge is 0.396 e. The van der Waals surface area contributed by atoms with Crippen LogP contribution < -0.4 is 5.73 Å². The Morgan fingerprint density at radius 3 is 2.56 bits per heavy atom. The number of alkyl halides is 3. The summed E-state index contributed by atoms with van der Waals surface area (Å²) < 4.78 is 38.2. The molecule has 0 radical (unpaired) electrons. The number of hydrogen-bond acceptors (Lipinski definition) is 3. The van der Waals surface area contributed by atoms with Crippen molar-refractivity contribution in [1.82, 2.24) is 4.90 Å². The number of aliphatic hydroxyl groups excluding tert-OH is 1. The number of nitrogens with two attached hydrogens (primary N) is 1. The molecular formula is C10H19F3N2O. The average Bonchev–Trinajstić information content (AvgIpc) is 2.20. The standard InChI is InChI=1S/C10H19F3N2O/c11-10(12,13)9(7-14)15-5-2-1-3-8(15)4-6-16/h8-9,16H,1-7,14H2. The molecule has 3 nitrogen and oxygen atoms in total. The summed E-state index contributed by atoms with van der Waals surface area (Å²) in [4.78, 5) is 1.42.